The molecule has 0 rings (SSSR count). The van der Waals surface area contributed by atoms with E-state index in [4.69, 9.17) is 11.5 Å². The minimum Gasteiger partial charge on any atom is -0.329 e. The molecule has 1 atom stereocenters. The molecule has 0 aromatic heterocycles. The highest BCUT2D eigenvalue weighted by molar-refractivity contribution is 4.64. The van der Waals surface area contributed by atoms with Crippen LogP contribution in [0.3, 0.4) is 0 Å². The SMILES string of the molecule is CCN(CC)C(N)CCN(NCCN)NCCCN(C)C. The Morgan fingerprint density at radius 3 is 2.14 bits per heavy atom. The van der Waals surface area contributed by atoms with E-state index in [0.717, 1.165) is 52.1 Å². The highest BCUT2D eigenvalue weighted by atomic mass is 15.7. The molecule has 7 heteroatoms. The molecule has 0 saturated carbocycles. The molecule has 1 unspecified atom stereocenters. The number of nitrogens with zero attached hydrogens (tertiary/aromatic N) is 3. The quantitative estimate of drug-likeness (QED) is 0.190. The van der Waals surface area contributed by atoms with Crippen molar-refractivity contribution in [1.82, 2.24) is 25.8 Å². The molecule has 0 aliphatic rings. The monoisotopic (exact) mass is 303 g/mol. The smallest absolute Gasteiger partial charge is 0.0584 e. The van der Waals surface area contributed by atoms with Crippen molar-refractivity contribution in [3.05, 3.63) is 0 Å². The lowest BCUT2D eigenvalue weighted by Crippen LogP contribution is -2.53. The van der Waals surface area contributed by atoms with E-state index >= 15 is 0 Å². The van der Waals surface area contributed by atoms with E-state index in [0.29, 0.717) is 6.54 Å². The zero-order valence-electron chi connectivity index (χ0n) is 14.4. The van der Waals surface area contributed by atoms with Crippen LogP contribution in [0, 0.1) is 0 Å². The summed E-state index contributed by atoms with van der Waals surface area (Å²) in [5.41, 5.74) is 18.5. The van der Waals surface area contributed by atoms with Crippen LogP contribution >= 0.6 is 0 Å². The van der Waals surface area contributed by atoms with E-state index < -0.39 is 0 Å². The van der Waals surface area contributed by atoms with Gasteiger partial charge in [0.1, 0.15) is 0 Å². The fraction of sp³-hybridized carbons (Fsp3) is 1.00. The third-order valence-corrected chi connectivity index (χ3v) is 3.46. The highest BCUT2D eigenvalue weighted by Gasteiger charge is 2.12. The molecule has 0 bridgehead atoms. The molecular formula is C14H37N7. The maximum atomic E-state index is 6.22. The highest BCUT2D eigenvalue weighted by Crippen LogP contribution is 1.98. The lowest BCUT2D eigenvalue weighted by Gasteiger charge is -2.30. The van der Waals surface area contributed by atoms with Crippen LogP contribution < -0.4 is 22.3 Å². The van der Waals surface area contributed by atoms with Crippen LogP contribution in [0.5, 0.6) is 0 Å². The van der Waals surface area contributed by atoms with Crippen LogP contribution in [0.25, 0.3) is 0 Å². The third-order valence-electron chi connectivity index (χ3n) is 3.46. The number of hydrogen-bond donors (Lipinski definition) is 4. The molecule has 0 aromatic rings. The molecule has 21 heavy (non-hydrogen) atoms. The number of hydrazine groups is 2. The fourth-order valence-electron chi connectivity index (χ4n) is 2.16. The Balaban J connectivity index is 4.04. The lowest BCUT2D eigenvalue weighted by atomic mass is 10.3. The van der Waals surface area contributed by atoms with Crippen molar-refractivity contribution in [2.24, 2.45) is 11.5 Å². The second-order valence-corrected chi connectivity index (χ2v) is 5.49. The van der Waals surface area contributed by atoms with Crippen molar-refractivity contribution in [2.75, 3.05) is 59.9 Å². The lowest BCUT2D eigenvalue weighted by molar-refractivity contribution is 0.0929. The van der Waals surface area contributed by atoms with Crippen molar-refractivity contribution in [3.8, 4) is 0 Å². The molecule has 0 aliphatic carbocycles. The van der Waals surface area contributed by atoms with Gasteiger partial charge in [-0.15, -0.1) is 0 Å². The molecule has 0 fully saturated rings. The van der Waals surface area contributed by atoms with E-state index in [-0.39, 0.29) is 6.17 Å². The molecule has 0 amide bonds. The number of hydrogen-bond acceptors (Lipinski definition) is 7. The van der Waals surface area contributed by atoms with Crippen LogP contribution in [0.4, 0.5) is 0 Å². The molecule has 0 radical (unpaired) electrons. The minimum absolute atomic E-state index is 0.103. The standard InChI is InChI=1S/C14H37N7/c1-5-20(6-2)14(16)8-13-21(18-11-9-15)17-10-7-12-19(3)4/h14,17-18H,5-13,15-16H2,1-4H3. The number of nitrogens with one attached hydrogen (secondary N) is 2. The Hall–Kier alpha value is -0.280. The first-order valence-electron chi connectivity index (χ1n) is 8.14. The molecule has 7 nitrogen and oxygen atoms in total. The van der Waals surface area contributed by atoms with Crippen LogP contribution in [0.2, 0.25) is 0 Å². The molecule has 0 saturated heterocycles. The molecule has 128 valence electrons. The van der Waals surface area contributed by atoms with Gasteiger partial charge < -0.3 is 16.4 Å². The van der Waals surface area contributed by atoms with Crippen molar-refractivity contribution in [3.63, 3.8) is 0 Å². The van der Waals surface area contributed by atoms with Crippen LogP contribution in [-0.4, -0.2) is 81.0 Å². The normalized spacial score (nSPS) is 13.6. The molecule has 6 N–H and O–H groups in total. The summed E-state index contributed by atoms with van der Waals surface area (Å²) >= 11 is 0. The number of nitrogens with two attached hydrogens (primary N) is 2. The predicted octanol–water partition coefficient (Wildman–Crippen LogP) is -0.775. The van der Waals surface area contributed by atoms with Crippen LogP contribution in [-0.2, 0) is 0 Å². The van der Waals surface area contributed by atoms with Crippen LogP contribution in [0.15, 0.2) is 0 Å². The summed E-state index contributed by atoms with van der Waals surface area (Å²) < 4.78 is 0. The van der Waals surface area contributed by atoms with Gasteiger partial charge in [0.05, 0.1) is 6.17 Å². The largest absolute Gasteiger partial charge is 0.329 e. The van der Waals surface area contributed by atoms with E-state index in [2.05, 4.69) is 48.6 Å². The Morgan fingerprint density at radius 2 is 1.62 bits per heavy atom. The first kappa shape index (κ1) is 20.7. The molecule has 0 heterocycles. The second-order valence-electron chi connectivity index (χ2n) is 5.49. The molecular weight excluding hydrogens is 266 g/mol. The van der Waals surface area contributed by atoms with Crippen molar-refractivity contribution >= 4 is 0 Å². The van der Waals surface area contributed by atoms with Crippen LogP contribution in [0.1, 0.15) is 26.7 Å². The van der Waals surface area contributed by atoms with Gasteiger partial charge in [-0.3, -0.25) is 4.90 Å². The second kappa shape index (κ2) is 13.4. The zero-order valence-corrected chi connectivity index (χ0v) is 14.4. The van der Waals surface area contributed by atoms with Gasteiger partial charge in [-0.25, -0.2) is 10.9 Å². The first-order valence-corrected chi connectivity index (χ1v) is 8.14. The predicted molar refractivity (Wildman–Crippen MR) is 90.5 cm³/mol. The molecule has 0 aromatic carbocycles. The van der Waals surface area contributed by atoms with E-state index in [1.165, 1.54) is 0 Å². The topological polar surface area (TPSA) is 85.8 Å². The van der Waals surface area contributed by atoms with Gasteiger partial charge in [0.15, 0.2) is 0 Å². The Labute approximate surface area is 130 Å². The maximum Gasteiger partial charge on any atom is 0.0584 e. The minimum atomic E-state index is 0.103. The average Bonchev–Trinajstić information content (AvgIpc) is 2.46. The Bertz CT molecular complexity index is 221. The summed E-state index contributed by atoms with van der Waals surface area (Å²) in [7, 11) is 4.18. The molecule has 0 spiro atoms. The fourth-order valence-corrected chi connectivity index (χ4v) is 2.16. The van der Waals surface area contributed by atoms with Gasteiger partial charge in [0.2, 0.25) is 0 Å². The van der Waals surface area contributed by atoms with E-state index in [9.17, 15) is 0 Å². The van der Waals surface area contributed by atoms with Gasteiger partial charge in [-0.1, -0.05) is 13.8 Å². The summed E-state index contributed by atoms with van der Waals surface area (Å²) in [5, 5.41) is 2.03. The van der Waals surface area contributed by atoms with Crippen molar-refractivity contribution < 1.29 is 0 Å². The van der Waals surface area contributed by atoms with Crippen molar-refractivity contribution in [1.29, 1.82) is 0 Å². The van der Waals surface area contributed by atoms with Gasteiger partial charge in [-0.05, 0) is 46.6 Å². The third kappa shape index (κ3) is 11.0. The summed E-state index contributed by atoms with van der Waals surface area (Å²) in [5.74, 6) is 0. The summed E-state index contributed by atoms with van der Waals surface area (Å²) in [6, 6.07) is 0. The van der Waals surface area contributed by atoms with Gasteiger partial charge in [0, 0.05) is 26.2 Å². The summed E-state index contributed by atoms with van der Waals surface area (Å²) in [4.78, 5) is 4.46. The van der Waals surface area contributed by atoms with E-state index in [1.54, 1.807) is 0 Å². The Kier molecular flexibility index (Phi) is 13.2. The zero-order chi connectivity index (χ0) is 16.1. The summed E-state index contributed by atoms with van der Waals surface area (Å²) in [6.07, 6.45) is 2.13. The van der Waals surface area contributed by atoms with Crippen molar-refractivity contribution in [2.45, 2.75) is 32.9 Å². The van der Waals surface area contributed by atoms with Gasteiger partial charge >= 0.3 is 0 Å². The maximum absolute atomic E-state index is 6.22. The van der Waals surface area contributed by atoms with E-state index in [1.807, 2.05) is 5.12 Å². The van der Waals surface area contributed by atoms with Gasteiger partial charge in [0.25, 0.3) is 0 Å². The van der Waals surface area contributed by atoms with Gasteiger partial charge in [-0.2, -0.15) is 5.12 Å². The summed E-state index contributed by atoms with van der Waals surface area (Å²) in [6.45, 7) is 10.5. The molecule has 0 aliphatic heterocycles. The Morgan fingerprint density at radius 1 is 1.00 bits per heavy atom. The first-order chi connectivity index (χ1) is 10.0. The number of rotatable bonds is 14. The average molecular weight is 303 g/mol.